The van der Waals surface area contributed by atoms with Gasteiger partial charge in [0.25, 0.3) is 18.1 Å². The third-order valence-electron chi connectivity index (χ3n) is 15.8. The van der Waals surface area contributed by atoms with Crippen molar-refractivity contribution in [2.24, 2.45) is 32.2 Å². The Morgan fingerprint density at radius 1 is 0.582 bits per heavy atom. The van der Waals surface area contributed by atoms with Crippen molar-refractivity contribution in [3.05, 3.63) is 149 Å². The van der Waals surface area contributed by atoms with Crippen molar-refractivity contribution in [3.63, 3.8) is 0 Å². The number of aryl methyl sites for hydroxylation is 1. The van der Waals surface area contributed by atoms with Crippen molar-refractivity contribution >= 4 is 24.1 Å². The first-order valence-electron chi connectivity index (χ1n) is 27.5. The smallest absolute Gasteiger partial charge is 0.282 e. The van der Waals surface area contributed by atoms with Crippen LogP contribution in [0.4, 0.5) is 4.39 Å². The number of rotatable bonds is 8. The van der Waals surface area contributed by atoms with Crippen molar-refractivity contribution in [1.82, 2.24) is 29.9 Å². The first kappa shape index (κ1) is 56.0. The Kier molecular flexibility index (Phi) is 18.0. The van der Waals surface area contributed by atoms with Crippen LogP contribution in [0, 0.1) is 0 Å². The van der Waals surface area contributed by atoms with Gasteiger partial charge in [0.1, 0.15) is 55.4 Å². The van der Waals surface area contributed by atoms with E-state index in [0.717, 1.165) is 103 Å². The molecule has 3 spiro atoms. The molecule has 17 nitrogen and oxygen atoms in total. The lowest BCUT2D eigenvalue weighted by atomic mass is 9.74. The molecule has 0 radical (unpaired) electrons. The van der Waals surface area contributed by atoms with Crippen LogP contribution in [0.1, 0.15) is 103 Å². The number of nitrogens with zero attached hydrogens (tertiary/aromatic N) is 9. The van der Waals surface area contributed by atoms with Gasteiger partial charge in [0.2, 0.25) is 0 Å². The van der Waals surface area contributed by atoms with Crippen LogP contribution in [0.5, 0.6) is 0 Å². The summed E-state index contributed by atoms with van der Waals surface area (Å²) in [5.74, 6) is 0. The number of fused-ring (bicyclic) bond motifs is 3. The Labute approximate surface area is 462 Å². The molecule has 13 rings (SSSR count). The molecule has 4 aliphatic heterocycles. The summed E-state index contributed by atoms with van der Waals surface area (Å²) in [6.45, 7) is 12.4. The van der Waals surface area contributed by atoms with E-state index in [1.54, 1.807) is 12.7 Å². The molecule has 7 N–H and O–H groups in total. The summed E-state index contributed by atoms with van der Waals surface area (Å²) in [6, 6.07) is 13.4. The monoisotopic (exact) mass is 1070 g/mol. The minimum atomic E-state index is -0.366. The second-order valence-corrected chi connectivity index (χ2v) is 20.9. The molecule has 18 heteroatoms. The predicted octanol–water partition coefficient (Wildman–Crippen LogP) is 8.05. The Bertz CT molecular complexity index is 3030. The van der Waals surface area contributed by atoms with Gasteiger partial charge in [-0.05, 0) is 131 Å². The van der Waals surface area contributed by atoms with E-state index in [-0.39, 0.29) is 41.9 Å². The summed E-state index contributed by atoms with van der Waals surface area (Å²) in [7, 11) is 0. The minimum absolute atomic E-state index is 0.134. The lowest BCUT2D eigenvalue weighted by Crippen LogP contribution is -2.36. The van der Waals surface area contributed by atoms with Crippen LogP contribution in [0.2, 0.25) is 0 Å². The number of nitrogens with two attached hydrogens (primary N) is 3. The molecule has 7 aliphatic rings. The molecule has 6 aromatic rings. The van der Waals surface area contributed by atoms with Gasteiger partial charge >= 0.3 is 0 Å². The van der Waals surface area contributed by atoms with Crippen LogP contribution in [0.15, 0.2) is 114 Å². The highest BCUT2D eigenvalue weighted by Crippen LogP contribution is 2.43. The number of amidine groups is 3. The molecule has 4 atom stereocenters. The van der Waals surface area contributed by atoms with Crippen molar-refractivity contribution in [2.45, 2.75) is 127 Å². The van der Waals surface area contributed by atoms with Gasteiger partial charge in [0, 0.05) is 92.8 Å². The number of aliphatic imine (C=N–C) groups is 3. The zero-order valence-electron chi connectivity index (χ0n) is 45.7. The van der Waals surface area contributed by atoms with E-state index < -0.39 is 0 Å². The number of alkyl halides is 1. The van der Waals surface area contributed by atoms with Gasteiger partial charge in [0.05, 0.1) is 12.8 Å². The number of ether oxygens (including phenoxy) is 4. The number of benzene rings is 3. The molecule has 3 aromatic heterocycles. The average molecular weight is 1070 g/mol. The molecule has 79 heavy (non-hydrogen) atoms. The first-order chi connectivity index (χ1) is 38.5. The number of aromatic nitrogens is 6. The Hall–Kier alpha value is -7.70. The van der Waals surface area contributed by atoms with E-state index in [9.17, 15) is 9.50 Å². The fraction of sp³-hybridized carbons (Fsp3) is 0.426. The fourth-order valence-electron chi connectivity index (χ4n) is 11.9. The van der Waals surface area contributed by atoms with Crippen molar-refractivity contribution in [1.29, 1.82) is 0 Å². The molecule has 4 unspecified atom stereocenters. The maximum Gasteiger partial charge on any atom is 0.282 e. The quantitative estimate of drug-likeness (QED) is 0.113. The SMILES string of the molecule is C=Cc1ccc(-c2cncnc2)c2c1CC1(CC2)COC(N)=N1.CC.CC1CCCO1.NC1=NC2(CCc3c(-c4cncnc4)ccc(CCF)c3C2)CO1.NC1=NC2(CCc3c(-c4cncnc4)ccc(CCO)c3C2)CO1. The first-order valence-corrected chi connectivity index (χ1v) is 27.5. The molecule has 1 fully saturated rings. The molecule has 0 saturated carbocycles. The largest absolute Gasteiger partial charge is 0.463 e. The predicted molar refractivity (Wildman–Crippen MR) is 306 cm³/mol. The van der Waals surface area contributed by atoms with Gasteiger partial charge in [-0.1, -0.05) is 62.9 Å². The highest BCUT2D eigenvalue weighted by atomic mass is 19.1. The maximum absolute atomic E-state index is 13.0. The minimum Gasteiger partial charge on any atom is -0.463 e. The Balaban J connectivity index is 0.000000134. The normalized spacial score (nSPS) is 22.6. The van der Waals surface area contributed by atoms with Crippen molar-refractivity contribution < 1.29 is 28.4 Å². The fourth-order valence-corrected chi connectivity index (χ4v) is 11.9. The summed E-state index contributed by atoms with van der Waals surface area (Å²) in [5.41, 5.74) is 34.0. The molecule has 1 saturated heterocycles. The maximum atomic E-state index is 13.0. The second kappa shape index (κ2) is 25.4. The van der Waals surface area contributed by atoms with Crippen LogP contribution in [0.3, 0.4) is 0 Å². The zero-order chi connectivity index (χ0) is 55.4. The van der Waals surface area contributed by atoms with E-state index in [2.05, 4.69) is 88.7 Å². The Morgan fingerprint density at radius 3 is 1.30 bits per heavy atom. The number of halogens is 1. The summed E-state index contributed by atoms with van der Waals surface area (Å²) in [4.78, 5) is 38.5. The molecule has 0 bridgehead atoms. The highest BCUT2D eigenvalue weighted by molar-refractivity contribution is 5.77. The average Bonchev–Trinajstić information content (AvgIpc) is 4.43. The topological polar surface area (TPSA) is 250 Å². The van der Waals surface area contributed by atoms with Gasteiger partial charge in [-0.2, -0.15) is 0 Å². The zero-order valence-corrected chi connectivity index (χ0v) is 45.7. The molecule has 414 valence electrons. The van der Waals surface area contributed by atoms with Crippen LogP contribution in [-0.2, 0) is 70.3 Å². The van der Waals surface area contributed by atoms with Crippen molar-refractivity contribution in [3.8, 4) is 33.4 Å². The summed E-state index contributed by atoms with van der Waals surface area (Å²) in [5, 5.41) is 9.41. The molecule has 0 amide bonds. The molecular formula is C61H73FN12O5. The summed E-state index contributed by atoms with van der Waals surface area (Å²) in [6.07, 6.45) is 29.5. The number of hydrogen-bond acceptors (Lipinski definition) is 17. The molecule has 3 aliphatic carbocycles. The van der Waals surface area contributed by atoms with Gasteiger partial charge in [-0.25, -0.2) is 44.9 Å². The van der Waals surface area contributed by atoms with E-state index in [1.807, 2.05) is 63.2 Å². The van der Waals surface area contributed by atoms with Crippen LogP contribution < -0.4 is 17.2 Å². The van der Waals surface area contributed by atoms with Gasteiger partial charge in [-0.15, -0.1) is 0 Å². The standard InChI is InChI=1S/C18H19FN4O.C18H20N4O2.C18H18N4O.C5H10O.C2H6/c19-6-4-12-1-2-14(13-8-21-11-22-9-13)15-3-5-18(7-16(12)15)10-24-17(20)23-18;19-17-22-18(10-24-17)5-3-15-14(13-8-20-11-21-9-13)2-1-12(4-6-23)16(15)7-18;1-2-12-3-4-14(13-8-20-11-21-9-13)15-5-6-18(7-16(12)15)10-23-17(19)22-18;1-5-3-2-4-6-5;1-2/h1-2,8-9,11H,3-7,10H2,(H2,20,23);1-2,8-9,11,23H,3-7,10H2,(H2,19,22);2-4,8-9,11H,1,5-7,10H2,(H2,19,22);5H,2-4H2,1H3;1-2H3. The van der Waals surface area contributed by atoms with Crippen LogP contribution in [-0.4, -0.2) is 116 Å². The highest BCUT2D eigenvalue weighted by Gasteiger charge is 2.43. The molecule has 7 heterocycles. The van der Waals surface area contributed by atoms with Gasteiger partial charge in [-0.3, -0.25) is 4.39 Å². The second-order valence-electron chi connectivity index (χ2n) is 20.9. The van der Waals surface area contributed by atoms with Crippen LogP contribution >= 0.6 is 0 Å². The number of hydrogen-bond donors (Lipinski definition) is 4. The number of aliphatic hydroxyl groups excluding tert-OH is 1. The van der Waals surface area contributed by atoms with E-state index in [4.69, 9.17) is 36.1 Å². The van der Waals surface area contributed by atoms with Crippen LogP contribution in [0.25, 0.3) is 39.5 Å². The van der Waals surface area contributed by atoms with E-state index >= 15 is 0 Å². The lowest BCUT2D eigenvalue weighted by molar-refractivity contribution is 0.125. The summed E-state index contributed by atoms with van der Waals surface area (Å²) < 4.78 is 34.4. The number of aliphatic hydroxyl groups is 1. The summed E-state index contributed by atoms with van der Waals surface area (Å²) >= 11 is 0. The van der Waals surface area contributed by atoms with E-state index in [1.165, 1.54) is 63.7 Å². The van der Waals surface area contributed by atoms with Gasteiger partial charge in [0.15, 0.2) is 0 Å². The van der Waals surface area contributed by atoms with E-state index in [0.29, 0.717) is 44.8 Å². The molecular weight excluding hydrogens is 1000 g/mol. The molecule has 3 aromatic carbocycles. The Morgan fingerprint density at radius 2 is 0.975 bits per heavy atom. The lowest BCUT2D eigenvalue weighted by Gasteiger charge is -2.33. The third-order valence-corrected chi connectivity index (χ3v) is 15.8. The van der Waals surface area contributed by atoms with Gasteiger partial charge < -0.3 is 41.3 Å². The van der Waals surface area contributed by atoms with Crippen molar-refractivity contribution in [2.75, 3.05) is 39.7 Å². The third kappa shape index (κ3) is 12.8.